The highest BCUT2D eigenvalue weighted by Crippen LogP contribution is 2.47. The summed E-state index contributed by atoms with van der Waals surface area (Å²) < 4.78 is 0. The van der Waals surface area contributed by atoms with Crippen molar-refractivity contribution in [3.63, 3.8) is 0 Å². The molecular formula is C30H40N2O6. The van der Waals surface area contributed by atoms with Crippen molar-refractivity contribution in [2.45, 2.75) is 79.3 Å². The van der Waals surface area contributed by atoms with Crippen LogP contribution in [0.25, 0.3) is 5.57 Å². The molecule has 1 aromatic carbocycles. The Morgan fingerprint density at radius 1 is 0.737 bits per heavy atom. The molecule has 0 heterocycles. The zero-order valence-electron chi connectivity index (χ0n) is 23.2. The van der Waals surface area contributed by atoms with Crippen molar-refractivity contribution in [1.82, 2.24) is 4.90 Å². The Morgan fingerprint density at radius 3 is 1.74 bits per heavy atom. The number of Topliss-reactive ketones (excluding diaryl/α,β-unsaturated/α-hetero) is 1. The van der Waals surface area contributed by atoms with E-state index in [2.05, 4.69) is 4.90 Å². The van der Waals surface area contributed by atoms with Crippen LogP contribution in [0.1, 0.15) is 72.8 Å². The molecule has 0 bridgehead atoms. The first-order chi connectivity index (χ1) is 18.0. The van der Waals surface area contributed by atoms with Gasteiger partial charge < -0.3 is 30.2 Å². The number of benzene rings is 1. The second-order valence-electron chi connectivity index (χ2n) is 10.0. The van der Waals surface area contributed by atoms with Gasteiger partial charge in [0.05, 0.1) is 22.3 Å². The standard InChI is InChI=1S/C30H40N2O6/c1-7-11-31(17(5)9-3)19-13-21(33)25(22(34)14-19)27-29(37)28(30(27)38)26-23(35)15-20(16-24(26)36)32(12-8-2)18(6)10-4/h13-18,33-35,37H,7-12H2,1-6H3/b28-26+. The summed E-state index contributed by atoms with van der Waals surface area (Å²) in [5.41, 5.74) is 0.0467. The minimum atomic E-state index is -0.735. The first kappa shape index (κ1) is 28.9. The van der Waals surface area contributed by atoms with Crippen molar-refractivity contribution in [2.24, 2.45) is 0 Å². The van der Waals surface area contributed by atoms with Gasteiger partial charge in [0.2, 0.25) is 5.78 Å². The molecule has 1 aromatic rings. The first-order valence-corrected chi connectivity index (χ1v) is 13.5. The summed E-state index contributed by atoms with van der Waals surface area (Å²) in [6, 6.07) is 3.23. The monoisotopic (exact) mass is 524 g/mol. The molecule has 0 amide bonds. The van der Waals surface area contributed by atoms with Crippen LogP contribution >= 0.6 is 0 Å². The molecule has 0 saturated carbocycles. The molecular weight excluding hydrogens is 484 g/mol. The highest BCUT2D eigenvalue weighted by Gasteiger charge is 2.43. The number of rotatable bonds is 11. The minimum Gasteiger partial charge on any atom is -0.507 e. The number of hydrogen-bond donors (Lipinski definition) is 4. The topological polar surface area (TPSA) is 122 Å². The highest BCUT2D eigenvalue weighted by atomic mass is 16.3. The molecule has 8 heteroatoms. The van der Waals surface area contributed by atoms with Crippen molar-refractivity contribution in [2.75, 3.05) is 18.0 Å². The summed E-state index contributed by atoms with van der Waals surface area (Å²) in [5, 5.41) is 43.2. The van der Waals surface area contributed by atoms with E-state index in [1.54, 1.807) is 0 Å². The number of nitrogens with zero attached hydrogens (tertiary/aromatic N) is 2. The number of anilines is 1. The van der Waals surface area contributed by atoms with E-state index in [-0.39, 0.29) is 45.9 Å². The van der Waals surface area contributed by atoms with Gasteiger partial charge in [-0.1, -0.05) is 27.7 Å². The van der Waals surface area contributed by atoms with Crippen molar-refractivity contribution >= 4 is 22.8 Å². The summed E-state index contributed by atoms with van der Waals surface area (Å²) >= 11 is 0. The van der Waals surface area contributed by atoms with Gasteiger partial charge in [-0.3, -0.25) is 9.59 Å². The fourth-order valence-corrected chi connectivity index (χ4v) is 5.02. The Labute approximate surface area is 224 Å². The van der Waals surface area contributed by atoms with Crippen molar-refractivity contribution in [1.29, 1.82) is 0 Å². The number of aromatic hydroxyl groups is 2. The maximum Gasteiger partial charge on any atom is 0.202 e. The number of hydrogen-bond acceptors (Lipinski definition) is 8. The molecule has 2 unspecified atom stereocenters. The van der Waals surface area contributed by atoms with E-state index >= 15 is 0 Å². The number of carbonyl (C=O) groups is 2. The minimum absolute atomic E-state index is 0.139. The SMILES string of the molecule is CCCN(C1=CC(=O)/C(=C2/C(=O)C(c3c(O)cc(N(CCC)C(C)CC)cc3O)=C2O)C(O)=C1)C(C)CC. The van der Waals surface area contributed by atoms with Crippen LogP contribution in [0.15, 0.2) is 52.6 Å². The molecule has 2 aliphatic carbocycles. The highest BCUT2D eigenvalue weighted by molar-refractivity contribution is 6.42. The van der Waals surface area contributed by atoms with E-state index in [0.717, 1.165) is 25.7 Å². The second-order valence-corrected chi connectivity index (χ2v) is 10.0. The molecule has 0 saturated heterocycles. The van der Waals surface area contributed by atoms with Crippen molar-refractivity contribution < 1.29 is 30.0 Å². The van der Waals surface area contributed by atoms with Gasteiger partial charge in [0, 0.05) is 60.8 Å². The van der Waals surface area contributed by atoms with Gasteiger partial charge in [0.1, 0.15) is 23.0 Å². The van der Waals surface area contributed by atoms with Gasteiger partial charge in [-0.2, -0.15) is 0 Å². The number of phenolic OH excluding ortho intramolecular Hbond substituents is 2. The Kier molecular flexibility index (Phi) is 8.97. The quantitative estimate of drug-likeness (QED) is 0.273. The van der Waals surface area contributed by atoms with Crippen LogP contribution in [-0.4, -0.2) is 62.1 Å². The van der Waals surface area contributed by atoms with E-state index in [1.807, 2.05) is 46.4 Å². The van der Waals surface area contributed by atoms with Crippen LogP contribution in [0.4, 0.5) is 5.69 Å². The number of phenols is 2. The van der Waals surface area contributed by atoms with E-state index in [1.165, 1.54) is 24.3 Å². The molecule has 206 valence electrons. The molecule has 8 nitrogen and oxygen atoms in total. The normalized spacial score (nSPS) is 19.1. The van der Waals surface area contributed by atoms with Gasteiger partial charge in [-0.25, -0.2) is 0 Å². The summed E-state index contributed by atoms with van der Waals surface area (Å²) in [6.07, 6.45) is 6.22. The molecule has 0 spiro atoms. The average Bonchev–Trinajstić information content (AvgIpc) is 2.88. The van der Waals surface area contributed by atoms with Crippen molar-refractivity contribution in [3.8, 4) is 11.5 Å². The summed E-state index contributed by atoms with van der Waals surface area (Å²) in [7, 11) is 0. The van der Waals surface area contributed by atoms with E-state index < -0.39 is 23.1 Å². The third-order valence-corrected chi connectivity index (χ3v) is 7.41. The maximum atomic E-state index is 13.2. The lowest BCUT2D eigenvalue weighted by atomic mass is 9.78. The summed E-state index contributed by atoms with van der Waals surface area (Å²) in [4.78, 5) is 30.3. The van der Waals surface area contributed by atoms with Gasteiger partial charge >= 0.3 is 0 Å². The molecule has 3 rings (SSSR count). The molecule has 0 aliphatic heterocycles. The largest absolute Gasteiger partial charge is 0.507 e. The zero-order valence-corrected chi connectivity index (χ0v) is 23.2. The van der Waals surface area contributed by atoms with Gasteiger partial charge in [-0.15, -0.1) is 0 Å². The van der Waals surface area contributed by atoms with E-state index in [9.17, 15) is 30.0 Å². The van der Waals surface area contributed by atoms with Crippen LogP contribution < -0.4 is 4.90 Å². The molecule has 0 radical (unpaired) electrons. The lowest BCUT2D eigenvalue weighted by Gasteiger charge is -2.33. The molecule has 2 atom stereocenters. The van der Waals surface area contributed by atoms with Crippen molar-refractivity contribution in [3.05, 3.63) is 58.2 Å². The molecule has 0 aromatic heterocycles. The predicted molar refractivity (Wildman–Crippen MR) is 149 cm³/mol. The van der Waals surface area contributed by atoms with Gasteiger partial charge in [0.15, 0.2) is 5.78 Å². The Bertz CT molecular complexity index is 1220. The summed E-state index contributed by atoms with van der Waals surface area (Å²) in [6.45, 7) is 13.6. The molecule has 0 fully saturated rings. The number of carbonyl (C=O) groups excluding carboxylic acids is 2. The Morgan fingerprint density at radius 2 is 1.26 bits per heavy atom. The van der Waals surface area contributed by atoms with Gasteiger partial charge in [0.25, 0.3) is 0 Å². The number of ketones is 2. The van der Waals surface area contributed by atoms with Crippen LogP contribution in [0.5, 0.6) is 11.5 Å². The Hall–Kier alpha value is -3.68. The summed E-state index contributed by atoms with van der Waals surface area (Å²) in [5.74, 6) is -2.99. The van der Waals surface area contributed by atoms with Crippen LogP contribution in [0, 0.1) is 0 Å². The smallest absolute Gasteiger partial charge is 0.202 e. The van der Waals surface area contributed by atoms with Crippen LogP contribution in [-0.2, 0) is 9.59 Å². The fourth-order valence-electron chi connectivity index (χ4n) is 5.02. The second kappa shape index (κ2) is 11.8. The van der Waals surface area contributed by atoms with Gasteiger partial charge in [-0.05, 0) is 39.5 Å². The molecule has 4 N–H and O–H groups in total. The van der Waals surface area contributed by atoms with E-state index in [4.69, 9.17) is 0 Å². The maximum absolute atomic E-state index is 13.2. The van der Waals surface area contributed by atoms with Crippen LogP contribution in [0.2, 0.25) is 0 Å². The third kappa shape index (κ3) is 5.17. The molecule has 38 heavy (non-hydrogen) atoms. The number of allylic oxidation sites excluding steroid dienone is 5. The average molecular weight is 525 g/mol. The third-order valence-electron chi connectivity index (χ3n) is 7.41. The van der Waals surface area contributed by atoms with E-state index in [0.29, 0.717) is 24.5 Å². The van der Waals surface area contributed by atoms with Crippen LogP contribution in [0.3, 0.4) is 0 Å². The lowest BCUT2D eigenvalue weighted by molar-refractivity contribution is -0.114. The predicted octanol–water partition coefficient (Wildman–Crippen LogP) is 5.68. The zero-order chi connectivity index (χ0) is 28.3. The first-order valence-electron chi connectivity index (χ1n) is 13.5. The number of aliphatic hydroxyl groups is 2. The Balaban J connectivity index is 2.03. The fraction of sp³-hybridized carbons (Fsp3) is 0.467. The molecule has 2 aliphatic rings. The number of aliphatic hydroxyl groups excluding tert-OH is 2. The lowest BCUT2D eigenvalue weighted by Crippen LogP contribution is -2.34.